The third-order valence-corrected chi connectivity index (χ3v) is 4.40. The molecule has 6 nitrogen and oxygen atoms in total. The predicted molar refractivity (Wildman–Crippen MR) is 111 cm³/mol. The van der Waals surface area contributed by atoms with Gasteiger partial charge in [-0.3, -0.25) is 4.79 Å². The highest BCUT2D eigenvalue weighted by Gasteiger charge is 2.10. The summed E-state index contributed by atoms with van der Waals surface area (Å²) < 4.78 is 5.16. The highest BCUT2D eigenvalue weighted by Crippen LogP contribution is 2.17. The van der Waals surface area contributed by atoms with E-state index in [1.54, 1.807) is 13.3 Å². The third-order valence-electron chi connectivity index (χ3n) is 4.40. The van der Waals surface area contributed by atoms with Gasteiger partial charge in [0.05, 0.1) is 19.5 Å². The van der Waals surface area contributed by atoms with Gasteiger partial charge in [0.2, 0.25) is 0 Å². The van der Waals surface area contributed by atoms with Gasteiger partial charge in [-0.25, -0.2) is 9.97 Å². The molecule has 0 bridgehead atoms. The first-order chi connectivity index (χ1) is 13.5. The Kier molecular flexibility index (Phi) is 6.22. The van der Waals surface area contributed by atoms with Crippen LogP contribution in [0.5, 0.6) is 5.75 Å². The van der Waals surface area contributed by atoms with Gasteiger partial charge in [-0.1, -0.05) is 24.3 Å². The first-order valence-corrected chi connectivity index (χ1v) is 9.12. The molecule has 0 radical (unpaired) electrons. The minimum absolute atomic E-state index is 0.272. The van der Waals surface area contributed by atoms with Crippen molar-refractivity contribution in [1.29, 1.82) is 0 Å². The lowest BCUT2D eigenvalue weighted by Crippen LogP contribution is -2.15. The summed E-state index contributed by atoms with van der Waals surface area (Å²) in [4.78, 5) is 20.9. The molecule has 3 rings (SSSR count). The van der Waals surface area contributed by atoms with Crippen LogP contribution in [0.15, 0.2) is 54.9 Å². The topological polar surface area (TPSA) is 76.1 Å². The second-order valence-corrected chi connectivity index (χ2v) is 6.58. The molecule has 0 spiro atoms. The Morgan fingerprint density at radius 2 is 1.82 bits per heavy atom. The third kappa shape index (κ3) is 5.07. The van der Waals surface area contributed by atoms with Crippen molar-refractivity contribution >= 4 is 17.4 Å². The second-order valence-electron chi connectivity index (χ2n) is 6.58. The number of rotatable bonds is 7. The number of aromatic nitrogens is 2. The van der Waals surface area contributed by atoms with E-state index in [-0.39, 0.29) is 11.6 Å². The molecule has 28 heavy (non-hydrogen) atoms. The van der Waals surface area contributed by atoms with E-state index in [1.807, 2.05) is 56.3 Å². The van der Waals surface area contributed by atoms with Crippen LogP contribution in [0.25, 0.3) is 0 Å². The SMILES string of the molecule is COc1ccc(CCNc2cnc(C(=O)Nc3cc(C)ccc3C)cn2)cc1. The molecule has 0 aliphatic heterocycles. The number of nitrogens with one attached hydrogen (secondary N) is 2. The fourth-order valence-electron chi connectivity index (χ4n) is 2.72. The molecule has 1 aromatic heterocycles. The van der Waals surface area contributed by atoms with Crippen molar-refractivity contribution in [2.75, 3.05) is 24.3 Å². The van der Waals surface area contributed by atoms with E-state index < -0.39 is 0 Å². The molecular formula is C22H24N4O2. The van der Waals surface area contributed by atoms with Gasteiger partial charge in [0.15, 0.2) is 0 Å². The van der Waals surface area contributed by atoms with Crippen LogP contribution in [0.1, 0.15) is 27.2 Å². The number of methoxy groups -OCH3 is 1. The van der Waals surface area contributed by atoms with Crippen LogP contribution in [0.3, 0.4) is 0 Å². The molecule has 0 aliphatic rings. The van der Waals surface area contributed by atoms with Crippen LogP contribution >= 0.6 is 0 Å². The molecule has 144 valence electrons. The number of aryl methyl sites for hydroxylation is 2. The minimum Gasteiger partial charge on any atom is -0.497 e. The Bertz CT molecular complexity index is 938. The summed E-state index contributed by atoms with van der Waals surface area (Å²) in [6, 6.07) is 13.9. The molecule has 2 N–H and O–H groups in total. The number of carbonyl (C=O) groups excluding carboxylic acids is 1. The maximum Gasteiger partial charge on any atom is 0.275 e. The lowest BCUT2D eigenvalue weighted by atomic mass is 10.1. The molecule has 0 saturated heterocycles. The van der Waals surface area contributed by atoms with Gasteiger partial charge >= 0.3 is 0 Å². The summed E-state index contributed by atoms with van der Waals surface area (Å²) >= 11 is 0. The predicted octanol–water partition coefficient (Wildman–Crippen LogP) is 4.01. The quantitative estimate of drug-likeness (QED) is 0.652. The Morgan fingerprint density at radius 3 is 2.50 bits per heavy atom. The van der Waals surface area contributed by atoms with Gasteiger partial charge < -0.3 is 15.4 Å². The van der Waals surface area contributed by atoms with E-state index in [0.717, 1.165) is 35.5 Å². The number of anilines is 2. The van der Waals surface area contributed by atoms with Gasteiger partial charge in [-0.2, -0.15) is 0 Å². The zero-order valence-corrected chi connectivity index (χ0v) is 16.3. The maximum absolute atomic E-state index is 12.4. The highest BCUT2D eigenvalue weighted by atomic mass is 16.5. The van der Waals surface area contributed by atoms with Crippen LogP contribution in [0, 0.1) is 13.8 Å². The van der Waals surface area contributed by atoms with Crippen LogP contribution in [0.4, 0.5) is 11.5 Å². The van der Waals surface area contributed by atoms with Crippen molar-refractivity contribution in [3.05, 3.63) is 77.2 Å². The molecule has 3 aromatic rings. The minimum atomic E-state index is -0.272. The smallest absolute Gasteiger partial charge is 0.275 e. The van der Waals surface area contributed by atoms with Crippen molar-refractivity contribution in [3.8, 4) is 5.75 Å². The van der Waals surface area contributed by atoms with Gasteiger partial charge in [0.1, 0.15) is 17.3 Å². The van der Waals surface area contributed by atoms with Gasteiger partial charge in [0, 0.05) is 12.2 Å². The first-order valence-electron chi connectivity index (χ1n) is 9.12. The Labute approximate surface area is 165 Å². The summed E-state index contributed by atoms with van der Waals surface area (Å²) in [6.07, 6.45) is 3.91. The number of nitrogens with zero attached hydrogens (tertiary/aromatic N) is 2. The fourth-order valence-corrected chi connectivity index (χ4v) is 2.72. The molecule has 1 amide bonds. The first kappa shape index (κ1) is 19.4. The fraction of sp³-hybridized carbons (Fsp3) is 0.227. The molecule has 6 heteroatoms. The van der Waals surface area contributed by atoms with E-state index in [0.29, 0.717) is 5.82 Å². The van der Waals surface area contributed by atoms with E-state index in [2.05, 4.69) is 20.6 Å². The number of carbonyl (C=O) groups is 1. The summed E-state index contributed by atoms with van der Waals surface area (Å²) in [7, 11) is 1.65. The Balaban J connectivity index is 1.53. The zero-order chi connectivity index (χ0) is 19.9. The maximum atomic E-state index is 12.4. The summed E-state index contributed by atoms with van der Waals surface area (Å²) in [5.74, 6) is 1.21. The van der Waals surface area contributed by atoms with E-state index in [1.165, 1.54) is 11.8 Å². The van der Waals surface area contributed by atoms with Crippen LogP contribution in [0.2, 0.25) is 0 Å². The van der Waals surface area contributed by atoms with E-state index in [4.69, 9.17) is 4.74 Å². The average molecular weight is 376 g/mol. The van der Waals surface area contributed by atoms with E-state index in [9.17, 15) is 4.79 Å². The van der Waals surface area contributed by atoms with Crippen molar-refractivity contribution in [2.24, 2.45) is 0 Å². The van der Waals surface area contributed by atoms with Crippen molar-refractivity contribution in [2.45, 2.75) is 20.3 Å². The molecule has 0 atom stereocenters. The molecule has 2 aromatic carbocycles. The second kappa shape index (κ2) is 8.99. The molecule has 0 fully saturated rings. The molecule has 0 unspecified atom stereocenters. The summed E-state index contributed by atoms with van der Waals surface area (Å²) in [6.45, 7) is 4.66. The van der Waals surface area contributed by atoms with Crippen molar-refractivity contribution < 1.29 is 9.53 Å². The number of hydrogen-bond donors (Lipinski definition) is 2. The molecule has 0 saturated carbocycles. The number of amides is 1. The highest BCUT2D eigenvalue weighted by molar-refractivity contribution is 6.03. The molecule has 0 aliphatic carbocycles. The van der Waals surface area contributed by atoms with Crippen LogP contribution in [-0.2, 0) is 6.42 Å². The Hall–Kier alpha value is -3.41. The average Bonchev–Trinajstić information content (AvgIpc) is 2.71. The van der Waals surface area contributed by atoms with Crippen molar-refractivity contribution in [1.82, 2.24) is 9.97 Å². The zero-order valence-electron chi connectivity index (χ0n) is 16.3. The lowest BCUT2D eigenvalue weighted by molar-refractivity contribution is 0.102. The summed E-state index contributed by atoms with van der Waals surface area (Å²) in [5, 5.41) is 6.11. The number of hydrogen-bond acceptors (Lipinski definition) is 5. The number of benzene rings is 2. The van der Waals surface area contributed by atoms with Crippen LogP contribution in [-0.4, -0.2) is 29.5 Å². The molecule has 1 heterocycles. The summed E-state index contributed by atoms with van der Waals surface area (Å²) in [5.41, 5.74) is 4.35. The number of ether oxygens (including phenoxy) is 1. The molecular weight excluding hydrogens is 352 g/mol. The van der Waals surface area contributed by atoms with Gasteiger partial charge in [-0.05, 0) is 55.2 Å². The van der Waals surface area contributed by atoms with Crippen molar-refractivity contribution in [3.63, 3.8) is 0 Å². The standard InChI is InChI=1S/C22H24N4O2/c1-15-4-5-16(2)19(12-15)26-22(27)20-13-25-21(14-24-20)23-11-10-17-6-8-18(28-3)9-7-17/h4-9,12-14H,10-11H2,1-3H3,(H,23,25)(H,26,27). The van der Waals surface area contributed by atoms with Gasteiger partial charge in [0.25, 0.3) is 5.91 Å². The normalized spacial score (nSPS) is 10.4. The van der Waals surface area contributed by atoms with E-state index >= 15 is 0 Å². The Morgan fingerprint density at radius 1 is 1.04 bits per heavy atom. The van der Waals surface area contributed by atoms with Crippen LogP contribution < -0.4 is 15.4 Å². The largest absolute Gasteiger partial charge is 0.497 e. The monoisotopic (exact) mass is 376 g/mol. The van der Waals surface area contributed by atoms with Gasteiger partial charge in [-0.15, -0.1) is 0 Å². The lowest BCUT2D eigenvalue weighted by Gasteiger charge is -2.09.